The smallest absolute Gasteiger partial charge is 0.306 e. The summed E-state index contributed by atoms with van der Waals surface area (Å²) in [7, 11) is -2.90. The van der Waals surface area contributed by atoms with Gasteiger partial charge in [0.1, 0.15) is 9.84 Å². The summed E-state index contributed by atoms with van der Waals surface area (Å²) < 4.78 is 26.5. The van der Waals surface area contributed by atoms with Gasteiger partial charge in [0.2, 0.25) is 0 Å². The fourth-order valence-corrected chi connectivity index (χ4v) is 3.17. The largest absolute Gasteiger partial charge is 0.466 e. The molecule has 1 unspecified atom stereocenters. The van der Waals surface area contributed by atoms with Crippen molar-refractivity contribution in [3.8, 4) is 0 Å². The Kier molecular flexibility index (Phi) is 7.00. The second kappa shape index (κ2) is 7.11. The fourth-order valence-electron chi connectivity index (χ4n) is 0.914. The Morgan fingerprint density at radius 3 is 2.53 bits per heavy atom. The van der Waals surface area contributed by atoms with Crippen molar-refractivity contribution < 1.29 is 17.9 Å². The van der Waals surface area contributed by atoms with Crippen LogP contribution in [0.3, 0.4) is 0 Å². The molecule has 6 heteroatoms. The molecule has 0 heterocycles. The molecule has 0 saturated carbocycles. The van der Waals surface area contributed by atoms with Crippen molar-refractivity contribution in [1.29, 1.82) is 0 Å². The topological polar surface area (TPSA) is 60.4 Å². The van der Waals surface area contributed by atoms with E-state index in [9.17, 15) is 13.2 Å². The molecule has 4 nitrogen and oxygen atoms in total. The molecule has 0 aromatic carbocycles. The van der Waals surface area contributed by atoms with Crippen molar-refractivity contribution in [3.05, 3.63) is 0 Å². The maximum atomic E-state index is 11.1. The third kappa shape index (κ3) is 10.1. The molecule has 0 aliphatic carbocycles. The summed E-state index contributed by atoms with van der Waals surface area (Å²) in [6.45, 7) is 4.04. The van der Waals surface area contributed by atoms with Gasteiger partial charge in [-0.2, -0.15) is 11.8 Å². The zero-order chi connectivity index (χ0) is 11.9. The van der Waals surface area contributed by atoms with E-state index < -0.39 is 9.84 Å². The molecule has 1 atom stereocenters. The Hall–Kier alpha value is -0.230. The van der Waals surface area contributed by atoms with Gasteiger partial charge in [-0.05, 0) is 6.92 Å². The second-order valence-electron chi connectivity index (χ2n) is 3.32. The Morgan fingerprint density at radius 2 is 2.07 bits per heavy atom. The zero-order valence-corrected chi connectivity index (χ0v) is 11.0. The molecule has 0 radical (unpaired) electrons. The summed E-state index contributed by atoms with van der Waals surface area (Å²) >= 11 is 1.48. The first-order chi connectivity index (χ1) is 6.85. The van der Waals surface area contributed by atoms with Gasteiger partial charge in [-0.3, -0.25) is 4.79 Å². The van der Waals surface area contributed by atoms with Crippen molar-refractivity contribution in [1.82, 2.24) is 0 Å². The molecule has 0 N–H and O–H groups in total. The average Bonchev–Trinajstić information content (AvgIpc) is 2.01. The van der Waals surface area contributed by atoms with Crippen LogP contribution in [-0.2, 0) is 19.4 Å². The van der Waals surface area contributed by atoms with E-state index in [0.29, 0.717) is 18.8 Å². The van der Waals surface area contributed by atoms with E-state index in [4.69, 9.17) is 4.74 Å². The average molecular weight is 254 g/mol. The summed E-state index contributed by atoms with van der Waals surface area (Å²) in [6.07, 6.45) is 1.55. The Labute approximate surface area is 95.7 Å². The highest BCUT2D eigenvalue weighted by molar-refractivity contribution is 8.01. The van der Waals surface area contributed by atoms with Crippen LogP contribution in [0.5, 0.6) is 0 Å². The third-order valence-electron chi connectivity index (χ3n) is 1.62. The number of thioether (sulfide) groups is 1. The Morgan fingerprint density at radius 1 is 1.47 bits per heavy atom. The van der Waals surface area contributed by atoms with Crippen LogP contribution >= 0.6 is 11.8 Å². The number of esters is 1. The third-order valence-corrected chi connectivity index (χ3v) is 4.00. The molecule has 0 rings (SSSR count). The first kappa shape index (κ1) is 14.8. The molecule has 0 aromatic heterocycles. The van der Waals surface area contributed by atoms with E-state index in [1.807, 2.05) is 6.92 Å². The first-order valence-electron chi connectivity index (χ1n) is 4.80. The van der Waals surface area contributed by atoms with Gasteiger partial charge >= 0.3 is 5.97 Å². The van der Waals surface area contributed by atoms with Gasteiger partial charge in [0.05, 0.1) is 18.8 Å². The summed E-state index contributed by atoms with van der Waals surface area (Å²) in [6, 6.07) is 0. The van der Waals surface area contributed by atoms with Crippen molar-refractivity contribution in [2.24, 2.45) is 0 Å². The summed E-state index contributed by atoms with van der Waals surface area (Å²) in [5.41, 5.74) is 0. The molecule has 0 fully saturated rings. The highest BCUT2D eigenvalue weighted by atomic mass is 32.2. The molecule has 90 valence electrons. The SMILES string of the molecule is CCOC(=O)CC(C)SCCS(C)(=O)=O. The lowest BCUT2D eigenvalue weighted by atomic mass is 10.3. The minimum absolute atomic E-state index is 0.103. The number of rotatable bonds is 7. The van der Waals surface area contributed by atoms with Crippen LogP contribution in [0.1, 0.15) is 20.3 Å². The van der Waals surface area contributed by atoms with E-state index in [2.05, 4.69) is 0 Å². The van der Waals surface area contributed by atoms with E-state index in [1.165, 1.54) is 18.0 Å². The van der Waals surface area contributed by atoms with Crippen molar-refractivity contribution in [2.45, 2.75) is 25.5 Å². The van der Waals surface area contributed by atoms with Crippen LogP contribution in [0.2, 0.25) is 0 Å². The van der Waals surface area contributed by atoms with Crippen LogP contribution in [0.15, 0.2) is 0 Å². The van der Waals surface area contributed by atoms with Gasteiger partial charge in [0.15, 0.2) is 0 Å². The summed E-state index contributed by atoms with van der Waals surface area (Å²) in [5, 5.41) is 0.103. The number of sulfone groups is 1. The van der Waals surface area contributed by atoms with Gasteiger partial charge in [0.25, 0.3) is 0 Å². The predicted molar refractivity (Wildman–Crippen MR) is 62.9 cm³/mol. The lowest BCUT2D eigenvalue weighted by molar-refractivity contribution is -0.142. The van der Waals surface area contributed by atoms with Crippen molar-refractivity contribution in [2.75, 3.05) is 24.4 Å². The van der Waals surface area contributed by atoms with Gasteiger partial charge < -0.3 is 4.74 Å². The van der Waals surface area contributed by atoms with Gasteiger partial charge in [0, 0.05) is 17.3 Å². The molecule has 0 aromatic rings. The van der Waals surface area contributed by atoms with Crippen LogP contribution in [0, 0.1) is 0 Å². The molecule has 15 heavy (non-hydrogen) atoms. The van der Waals surface area contributed by atoms with E-state index >= 15 is 0 Å². The minimum atomic E-state index is -2.90. The molecule has 0 aliphatic rings. The Balaban J connectivity index is 3.66. The van der Waals surface area contributed by atoms with Crippen LogP contribution in [-0.4, -0.2) is 44.0 Å². The number of hydrogen-bond donors (Lipinski definition) is 0. The molecular formula is C9H18O4S2. The molecule has 0 amide bonds. The summed E-state index contributed by atoms with van der Waals surface area (Å²) in [4.78, 5) is 11.1. The molecule has 0 aliphatic heterocycles. The minimum Gasteiger partial charge on any atom is -0.466 e. The van der Waals surface area contributed by atoms with Crippen molar-refractivity contribution in [3.63, 3.8) is 0 Å². The standard InChI is InChI=1S/C9H18O4S2/c1-4-13-9(10)7-8(2)14-5-6-15(3,11)12/h8H,4-7H2,1-3H3. The monoisotopic (exact) mass is 254 g/mol. The maximum Gasteiger partial charge on any atom is 0.306 e. The molecular weight excluding hydrogens is 236 g/mol. The van der Waals surface area contributed by atoms with Crippen LogP contribution in [0.4, 0.5) is 0 Å². The predicted octanol–water partition coefficient (Wildman–Crippen LogP) is 1.11. The van der Waals surface area contributed by atoms with E-state index in [-0.39, 0.29) is 17.0 Å². The highest BCUT2D eigenvalue weighted by Gasteiger charge is 2.11. The van der Waals surface area contributed by atoms with E-state index in [0.717, 1.165) is 0 Å². The van der Waals surface area contributed by atoms with Crippen LogP contribution < -0.4 is 0 Å². The molecule has 0 spiro atoms. The quantitative estimate of drug-likeness (QED) is 0.637. The number of carbonyl (C=O) groups excluding carboxylic acids is 1. The number of carbonyl (C=O) groups is 1. The van der Waals surface area contributed by atoms with Gasteiger partial charge in [-0.15, -0.1) is 0 Å². The lowest BCUT2D eigenvalue weighted by Crippen LogP contribution is -2.13. The molecule has 0 saturated heterocycles. The lowest BCUT2D eigenvalue weighted by Gasteiger charge is -2.09. The zero-order valence-electron chi connectivity index (χ0n) is 9.36. The van der Waals surface area contributed by atoms with Crippen molar-refractivity contribution >= 4 is 27.6 Å². The normalized spacial score (nSPS) is 13.5. The summed E-state index contributed by atoms with van der Waals surface area (Å²) in [5.74, 6) is 0.460. The Bertz CT molecular complexity index is 284. The second-order valence-corrected chi connectivity index (χ2v) is 7.13. The van der Waals surface area contributed by atoms with Gasteiger partial charge in [-0.25, -0.2) is 8.42 Å². The molecule has 0 bridgehead atoms. The number of hydrogen-bond acceptors (Lipinski definition) is 5. The van der Waals surface area contributed by atoms with E-state index in [1.54, 1.807) is 6.92 Å². The van der Waals surface area contributed by atoms with Crippen LogP contribution in [0.25, 0.3) is 0 Å². The number of ether oxygens (including phenoxy) is 1. The maximum absolute atomic E-state index is 11.1. The fraction of sp³-hybridized carbons (Fsp3) is 0.889. The first-order valence-corrected chi connectivity index (χ1v) is 7.91. The highest BCUT2D eigenvalue weighted by Crippen LogP contribution is 2.14. The van der Waals surface area contributed by atoms with Gasteiger partial charge in [-0.1, -0.05) is 6.92 Å².